The zero-order valence-corrected chi connectivity index (χ0v) is 21.3. The van der Waals surface area contributed by atoms with E-state index in [2.05, 4.69) is 0 Å². The Morgan fingerprint density at radius 2 is 0.795 bits per heavy atom. The van der Waals surface area contributed by atoms with Crippen LogP contribution in [0.4, 0.5) is 17.1 Å². The van der Waals surface area contributed by atoms with Crippen molar-refractivity contribution in [3.8, 4) is 0 Å². The quantitative estimate of drug-likeness (QED) is 0.160. The monoisotopic (exact) mass is 511 g/mol. The average Bonchev–Trinajstić information content (AvgIpc) is 3.02. The Labute approximate surface area is 226 Å². The Hall–Kier alpha value is -5.29. The first-order chi connectivity index (χ1) is 19.1. The smallest absolute Gasteiger partial charge is 0.339 e. The van der Waals surface area contributed by atoms with Gasteiger partial charge in [-0.3, -0.25) is 9.59 Å². The van der Waals surface area contributed by atoms with Crippen molar-refractivity contribution in [2.45, 2.75) is 0 Å². The molecule has 0 aliphatic carbocycles. The second kappa shape index (κ2) is 11.4. The van der Waals surface area contributed by atoms with Gasteiger partial charge in [0, 0.05) is 22.3 Å². The Kier molecular flexibility index (Phi) is 7.41. The van der Waals surface area contributed by atoms with Crippen molar-refractivity contribution in [2.75, 3.05) is 12.0 Å². The number of hydrogen-bond donors (Lipinski definition) is 0. The van der Waals surface area contributed by atoms with Crippen molar-refractivity contribution < 1.29 is 19.1 Å². The fourth-order valence-electron chi connectivity index (χ4n) is 4.55. The molecule has 0 N–H and O–H groups in total. The van der Waals surface area contributed by atoms with Gasteiger partial charge in [0.25, 0.3) is 0 Å². The first kappa shape index (κ1) is 25.4. The lowest BCUT2D eigenvalue weighted by molar-refractivity contribution is 0.0601. The highest BCUT2D eigenvalue weighted by molar-refractivity contribution is 6.16. The zero-order valence-electron chi connectivity index (χ0n) is 21.3. The molecule has 0 aromatic heterocycles. The van der Waals surface area contributed by atoms with E-state index in [-0.39, 0.29) is 11.6 Å². The molecule has 0 aliphatic heterocycles. The maximum absolute atomic E-state index is 13.8. The van der Waals surface area contributed by atoms with Crippen molar-refractivity contribution in [3.05, 3.63) is 161 Å². The maximum Gasteiger partial charge on any atom is 0.339 e. The number of rotatable bonds is 8. The predicted molar refractivity (Wildman–Crippen MR) is 152 cm³/mol. The van der Waals surface area contributed by atoms with E-state index in [0.717, 1.165) is 0 Å². The number of hydrogen-bond acceptors (Lipinski definition) is 5. The van der Waals surface area contributed by atoms with Gasteiger partial charge in [-0.15, -0.1) is 0 Å². The van der Waals surface area contributed by atoms with Gasteiger partial charge in [0.15, 0.2) is 11.6 Å². The molecule has 0 unspecified atom stereocenters. The van der Waals surface area contributed by atoms with E-state index >= 15 is 0 Å². The first-order valence-electron chi connectivity index (χ1n) is 12.4. The SMILES string of the molecule is COC(=O)c1ccccc1N(c1ccccc1C(=O)c1ccccc1)c1ccccc1C(=O)c1ccccc1. The van der Waals surface area contributed by atoms with Crippen LogP contribution in [0.5, 0.6) is 0 Å². The van der Waals surface area contributed by atoms with E-state index in [9.17, 15) is 14.4 Å². The molecule has 0 spiro atoms. The fraction of sp³-hybridized carbons (Fsp3) is 0.0294. The predicted octanol–water partition coefficient (Wildman–Crippen LogP) is 7.41. The molecule has 0 heterocycles. The summed E-state index contributed by atoms with van der Waals surface area (Å²) >= 11 is 0. The Morgan fingerprint density at radius 1 is 0.462 bits per heavy atom. The Bertz CT molecular complexity index is 1550. The second-order valence-corrected chi connectivity index (χ2v) is 8.77. The summed E-state index contributed by atoms with van der Waals surface area (Å²) in [5.41, 5.74) is 3.72. The molecular weight excluding hydrogens is 486 g/mol. The number of nitrogens with zero attached hydrogens (tertiary/aromatic N) is 1. The number of carbonyl (C=O) groups is 3. The molecule has 5 nitrogen and oxygen atoms in total. The van der Waals surface area contributed by atoms with Crippen molar-refractivity contribution >= 4 is 34.6 Å². The van der Waals surface area contributed by atoms with Crippen LogP contribution in [0.25, 0.3) is 0 Å². The highest BCUT2D eigenvalue weighted by atomic mass is 16.5. The molecule has 0 radical (unpaired) electrons. The van der Waals surface area contributed by atoms with E-state index in [4.69, 9.17) is 4.74 Å². The van der Waals surface area contributed by atoms with Gasteiger partial charge in [-0.05, 0) is 36.4 Å². The molecule has 5 aromatic rings. The number of ketones is 2. The summed E-state index contributed by atoms with van der Waals surface area (Å²) in [6, 6.07) is 39.4. The molecule has 5 heteroatoms. The van der Waals surface area contributed by atoms with E-state index in [0.29, 0.717) is 44.9 Å². The largest absolute Gasteiger partial charge is 0.465 e. The number of anilines is 3. The fourth-order valence-corrected chi connectivity index (χ4v) is 4.55. The number of methoxy groups -OCH3 is 1. The number of esters is 1. The van der Waals surface area contributed by atoms with Crippen LogP contribution in [0, 0.1) is 0 Å². The minimum Gasteiger partial charge on any atom is -0.465 e. The van der Waals surface area contributed by atoms with Gasteiger partial charge < -0.3 is 9.64 Å². The summed E-state index contributed by atoms with van der Waals surface area (Å²) in [7, 11) is 1.32. The topological polar surface area (TPSA) is 63.7 Å². The summed E-state index contributed by atoms with van der Waals surface area (Å²) in [4.78, 5) is 42.2. The average molecular weight is 512 g/mol. The summed E-state index contributed by atoms with van der Waals surface area (Å²) < 4.78 is 5.09. The third kappa shape index (κ3) is 5.11. The molecule has 190 valence electrons. The highest BCUT2D eigenvalue weighted by Gasteiger charge is 2.27. The van der Waals surface area contributed by atoms with E-state index in [1.807, 2.05) is 60.7 Å². The van der Waals surface area contributed by atoms with E-state index in [1.54, 1.807) is 77.7 Å². The van der Waals surface area contributed by atoms with Gasteiger partial charge in [-0.25, -0.2) is 4.79 Å². The van der Waals surface area contributed by atoms with Crippen LogP contribution in [-0.2, 0) is 4.74 Å². The molecule has 0 fully saturated rings. The van der Waals surface area contributed by atoms with Crippen molar-refractivity contribution in [1.82, 2.24) is 0 Å². The molecule has 5 rings (SSSR count). The van der Waals surface area contributed by atoms with Crippen LogP contribution in [0.3, 0.4) is 0 Å². The van der Waals surface area contributed by atoms with Gasteiger partial charge in [-0.2, -0.15) is 0 Å². The van der Waals surface area contributed by atoms with Gasteiger partial charge in [0.05, 0.1) is 29.7 Å². The highest BCUT2D eigenvalue weighted by Crippen LogP contribution is 2.41. The molecule has 0 aliphatic rings. The molecule has 0 bridgehead atoms. The third-order valence-electron chi connectivity index (χ3n) is 6.40. The molecule has 0 atom stereocenters. The number of para-hydroxylation sites is 3. The number of carbonyl (C=O) groups excluding carboxylic acids is 3. The van der Waals surface area contributed by atoms with Gasteiger partial charge in [-0.1, -0.05) is 97.1 Å². The number of ether oxygens (including phenoxy) is 1. The molecule has 0 saturated heterocycles. The summed E-state index contributed by atoms with van der Waals surface area (Å²) in [5, 5.41) is 0. The van der Waals surface area contributed by atoms with Gasteiger partial charge in [0.2, 0.25) is 0 Å². The lowest BCUT2D eigenvalue weighted by Crippen LogP contribution is -2.20. The summed E-state index contributed by atoms with van der Waals surface area (Å²) in [6.45, 7) is 0. The Balaban J connectivity index is 1.78. The standard InChI is InChI=1S/C34H25NO4/c1-39-34(38)28-20-10-13-23-31(28)35(29-21-11-8-18-26(29)32(36)24-14-4-2-5-15-24)30-22-12-9-19-27(30)33(37)25-16-6-3-7-17-25/h2-23H,1H3. The first-order valence-corrected chi connectivity index (χ1v) is 12.4. The molecule has 39 heavy (non-hydrogen) atoms. The number of benzene rings is 5. The maximum atomic E-state index is 13.8. The van der Waals surface area contributed by atoms with Crippen LogP contribution in [0.2, 0.25) is 0 Å². The van der Waals surface area contributed by atoms with Crippen LogP contribution in [-0.4, -0.2) is 24.6 Å². The third-order valence-corrected chi connectivity index (χ3v) is 6.40. The van der Waals surface area contributed by atoms with Crippen LogP contribution >= 0.6 is 0 Å². The Morgan fingerprint density at radius 3 is 1.21 bits per heavy atom. The van der Waals surface area contributed by atoms with E-state index < -0.39 is 5.97 Å². The second-order valence-electron chi connectivity index (χ2n) is 8.77. The van der Waals surface area contributed by atoms with Crippen molar-refractivity contribution in [2.24, 2.45) is 0 Å². The minimum atomic E-state index is -0.533. The van der Waals surface area contributed by atoms with Gasteiger partial charge in [0.1, 0.15) is 0 Å². The van der Waals surface area contributed by atoms with Crippen LogP contribution in [0.1, 0.15) is 42.2 Å². The lowest BCUT2D eigenvalue weighted by atomic mass is 9.97. The summed E-state index contributed by atoms with van der Waals surface area (Å²) in [5.74, 6) is -0.897. The van der Waals surface area contributed by atoms with E-state index in [1.165, 1.54) is 7.11 Å². The zero-order chi connectivity index (χ0) is 27.2. The molecule has 0 amide bonds. The van der Waals surface area contributed by atoms with Crippen molar-refractivity contribution in [1.29, 1.82) is 0 Å². The lowest BCUT2D eigenvalue weighted by Gasteiger charge is -2.30. The van der Waals surface area contributed by atoms with Gasteiger partial charge >= 0.3 is 5.97 Å². The normalized spacial score (nSPS) is 10.5. The van der Waals surface area contributed by atoms with Crippen LogP contribution in [0.15, 0.2) is 133 Å². The molecule has 0 saturated carbocycles. The minimum absolute atomic E-state index is 0.182. The summed E-state index contributed by atoms with van der Waals surface area (Å²) in [6.07, 6.45) is 0. The molecular formula is C34H25NO4. The van der Waals surface area contributed by atoms with Crippen LogP contribution < -0.4 is 4.90 Å². The van der Waals surface area contributed by atoms with Crippen molar-refractivity contribution in [3.63, 3.8) is 0 Å². The molecule has 5 aromatic carbocycles.